The van der Waals surface area contributed by atoms with Gasteiger partial charge in [-0.15, -0.1) is 0 Å². The number of aliphatic hydroxyl groups is 1. The zero-order valence-corrected chi connectivity index (χ0v) is 11.7. The molecule has 2 atom stereocenters. The van der Waals surface area contributed by atoms with Crippen LogP contribution in [0.15, 0.2) is 0 Å². The van der Waals surface area contributed by atoms with Gasteiger partial charge in [0.2, 0.25) is 0 Å². The average Bonchev–Trinajstić information content (AvgIpc) is 2.28. The Kier molecular flexibility index (Phi) is 11.4. The minimum absolute atomic E-state index is 0.0647. The van der Waals surface area contributed by atoms with Crippen molar-refractivity contribution in [2.45, 2.75) is 91.1 Å². The van der Waals surface area contributed by atoms with E-state index in [1.54, 1.807) is 0 Å². The van der Waals surface area contributed by atoms with Gasteiger partial charge in [-0.25, -0.2) is 0 Å². The fourth-order valence-corrected chi connectivity index (χ4v) is 2.20. The summed E-state index contributed by atoms with van der Waals surface area (Å²) in [6, 6.07) is 0. The maximum Gasteiger partial charge on any atom is 0.0565 e. The molecule has 1 N–H and O–H groups in total. The second kappa shape index (κ2) is 11.4. The van der Waals surface area contributed by atoms with Crippen LogP contribution in [0.1, 0.15) is 85.0 Å². The molecule has 0 spiro atoms. The summed E-state index contributed by atoms with van der Waals surface area (Å²) in [4.78, 5) is 0. The highest BCUT2D eigenvalue weighted by Gasteiger charge is 2.12. The number of rotatable bonds is 11. The van der Waals surface area contributed by atoms with Gasteiger partial charge in [0.25, 0.3) is 0 Å². The molecule has 0 saturated carbocycles. The van der Waals surface area contributed by atoms with Crippen LogP contribution in [0.4, 0.5) is 0 Å². The highest BCUT2D eigenvalue weighted by atomic mass is 16.3. The van der Waals surface area contributed by atoms with Gasteiger partial charge in [0, 0.05) is 0 Å². The minimum Gasteiger partial charge on any atom is -0.393 e. The van der Waals surface area contributed by atoms with Crippen molar-refractivity contribution in [3.8, 4) is 0 Å². The van der Waals surface area contributed by atoms with Crippen LogP contribution in [0.25, 0.3) is 0 Å². The third-order valence-electron chi connectivity index (χ3n) is 3.50. The first kappa shape index (κ1) is 16.0. The lowest BCUT2D eigenvalue weighted by molar-refractivity contribution is 0.101. The van der Waals surface area contributed by atoms with Gasteiger partial charge in [0.15, 0.2) is 0 Å². The molecule has 1 heteroatoms. The molecule has 0 aliphatic carbocycles. The third-order valence-corrected chi connectivity index (χ3v) is 3.50. The molecule has 0 saturated heterocycles. The van der Waals surface area contributed by atoms with Gasteiger partial charge in [-0.05, 0) is 18.8 Å². The molecule has 0 bridgehead atoms. The summed E-state index contributed by atoms with van der Waals surface area (Å²) in [6.07, 6.45) is 12.8. The van der Waals surface area contributed by atoms with E-state index in [0.29, 0.717) is 5.92 Å². The Morgan fingerprint density at radius 3 is 1.88 bits per heavy atom. The molecule has 0 amide bonds. The Balaban J connectivity index is 3.23. The second-order valence-electron chi connectivity index (χ2n) is 5.24. The first-order valence-corrected chi connectivity index (χ1v) is 7.40. The van der Waals surface area contributed by atoms with Crippen molar-refractivity contribution in [1.82, 2.24) is 0 Å². The van der Waals surface area contributed by atoms with E-state index in [1.807, 2.05) is 0 Å². The van der Waals surface area contributed by atoms with Crippen LogP contribution in [0.2, 0.25) is 0 Å². The van der Waals surface area contributed by atoms with Gasteiger partial charge in [-0.3, -0.25) is 0 Å². The summed E-state index contributed by atoms with van der Waals surface area (Å²) >= 11 is 0. The van der Waals surface area contributed by atoms with Crippen molar-refractivity contribution >= 4 is 0 Å². The zero-order chi connectivity index (χ0) is 12.2. The monoisotopic (exact) mass is 228 g/mol. The van der Waals surface area contributed by atoms with E-state index < -0.39 is 0 Å². The highest BCUT2D eigenvalue weighted by Crippen LogP contribution is 2.17. The predicted octanol–water partition coefficient (Wildman–Crippen LogP) is 4.92. The molecule has 16 heavy (non-hydrogen) atoms. The van der Waals surface area contributed by atoms with Crippen LogP contribution in [0.3, 0.4) is 0 Å². The molecule has 0 aromatic heterocycles. The Hall–Kier alpha value is -0.0400. The van der Waals surface area contributed by atoms with Gasteiger partial charge in [-0.1, -0.05) is 72.1 Å². The van der Waals surface area contributed by atoms with Crippen molar-refractivity contribution in [3.05, 3.63) is 0 Å². The van der Waals surface area contributed by atoms with Gasteiger partial charge >= 0.3 is 0 Å². The van der Waals surface area contributed by atoms with Crippen molar-refractivity contribution in [2.75, 3.05) is 0 Å². The molecule has 0 fully saturated rings. The Morgan fingerprint density at radius 2 is 1.31 bits per heavy atom. The highest BCUT2D eigenvalue weighted by molar-refractivity contribution is 4.64. The summed E-state index contributed by atoms with van der Waals surface area (Å²) in [5.41, 5.74) is 0. The first-order valence-electron chi connectivity index (χ1n) is 7.40. The maximum absolute atomic E-state index is 9.79. The van der Waals surface area contributed by atoms with Gasteiger partial charge in [0.1, 0.15) is 0 Å². The number of hydrogen-bond acceptors (Lipinski definition) is 1. The summed E-state index contributed by atoms with van der Waals surface area (Å²) in [7, 11) is 0. The number of aliphatic hydroxyl groups excluding tert-OH is 1. The largest absolute Gasteiger partial charge is 0.393 e. The SMILES string of the molecule is CCCCCCCCCC(C)[C@H](O)CCC. The van der Waals surface area contributed by atoms with E-state index in [9.17, 15) is 5.11 Å². The van der Waals surface area contributed by atoms with E-state index in [4.69, 9.17) is 0 Å². The molecular formula is C15H32O. The van der Waals surface area contributed by atoms with Crippen LogP contribution in [0, 0.1) is 5.92 Å². The van der Waals surface area contributed by atoms with Crippen molar-refractivity contribution in [3.63, 3.8) is 0 Å². The Bertz CT molecular complexity index is 133. The minimum atomic E-state index is -0.0647. The fourth-order valence-electron chi connectivity index (χ4n) is 2.20. The molecule has 0 aliphatic rings. The van der Waals surface area contributed by atoms with Crippen LogP contribution in [-0.4, -0.2) is 11.2 Å². The van der Waals surface area contributed by atoms with E-state index in [2.05, 4.69) is 20.8 Å². The topological polar surface area (TPSA) is 20.2 Å². The first-order chi connectivity index (χ1) is 7.72. The molecule has 0 aromatic carbocycles. The van der Waals surface area contributed by atoms with Gasteiger partial charge in [-0.2, -0.15) is 0 Å². The Labute approximate surface area is 103 Å². The van der Waals surface area contributed by atoms with Crippen molar-refractivity contribution in [1.29, 1.82) is 0 Å². The van der Waals surface area contributed by atoms with E-state index in [-0.39, 0.29) is 6.10 Å². The average molecular weight is 228 g/mol. The number of hydrogen-bond donors (Lipinski definition) is 1. The molecule has 0 rings (SSSR count). The van der Waals surface area contributed by atoms with Gasteiger partial charge in [0.05, 0.1) is 6.10 Å². The lowest BCUT2D eigenvalue weighted by Crippen LogP contribution is -2.16. The molecule has 1 unspecified atom stereocenters. The lowest BCUT2D eigenvalue weighted by atomic mass is 9.94. The molecular weight excluding hydrogens is 196 g/mol. The Morgan fingerprint density at radius 1 is 0.750 bits per heavy atom. The zero-order valence-electron chi connectivity index (χ0n) is 11.7. The van der Waals surface area contributed by atoms with Crippen molar-refractivity contribution < 1.29 is 5.11 Å². The fraction of sp³-hybridized carbons (Fsp3) is 1.00. The summed E-state index contributed by atoms with van der Waals surface area (Å²) in [5.74, 6) is 0.496. The van der Waals surface area contributed by atoms with E-state index in [0.717, 1.165) is 12.8 Å². The van der Waals surface area contributed by atoms with Crippen LogP contribution in [0.5, 0.6) is 0 Å². The summed E-state index contributed by atoms with van der Waals surface area (Å²) < 4.78 is 0. The molecule has 98 valence electrons. The van der Waals surface area contributed by atoms with E-state index >= 15 is 0 Å². The smallest absolute Gasteiger partial charge is 0.0565 e. The molecule has 0 heterocycles. The molecule has 1 nitrogen and oxygen atoms in total. The second-order valence-corrected chi connectivity index (χ2v) is 5.24. The van der Waals surface area contributed by atoms with Crippen LogP contribution in [-0.2, 0) is 0 Å². The quantitative estimate of drug-likeness (QED) is 0.497. The predicted molar refractivity (Wildman–Crippen MR) is 72.7 cm³/mol. The third kappa shape index (κ3) is 9.21. The van der Waals surface area contributed by atoms with Crippen LogP contribution < -0.4 is 0 Å². The lowest BCUT2D eigenvalue weighted by Gasteiger charge is -2.17. The molecule has 0 aromatic rings. The van der Waals surface area contributed by atoms with E-state index in [1.165, 1.54) is 51.4 Å². The maximum atomic E-state index is 9.79. The summed E-state index contributed by atoms with van der Waals surface area (Å²) in [6.45, 7) is 6.60. The van der Waals surface area contributed by atoms with Gasteiger partial charge < -0.3 is 5.11 Å². The standard InChI is InChI=1S/C15H32O/c1-4-6-7-8-9-10-11-13-14(3)15(16)12-5-2/h14-16H,4-13H2,1-3H3/t14?,15-/m1/s1. The summed E-state index contributed by atoms with van der Waals surface area (Å²) in [5, 5.41) is 9.79. The van der Waals surface area contributed by atoms with Crippen LogP contribution >= 0.6 is 0 Å². The number of unbranched alkanes of at least 4 members (excludes halogenated alkanes) is 6. The normalized spacial score (nSPS) is 15.0. The molecule has 0 radical (unpaired) electrons. The van der Waals surface area contributed by atoms with Crippen molar-refractivity contribution in [2.24, 2.45) is 5.92 Å². The molecule has 0 aliphatic heterocycles.